The lowest BCUT2D eigenvalue weighted by atomic mass is 10.1. The monoisotopic (exact) mass is 1030 g/mol. The molecule has 6 aliphatic carbocycles. The van der Waals surface area contributed by atoms with Crippen LogP contribution >= 0.6 is 0 Å². The van der Waals surface area contributed by atoms with E-state index in [0.717, 1.165) is 182 Å². The summed E-state index contributed by atoms with van der Waals surface area (Å²) < 4.78 is 0. The second-order valence-corrected chi connectivity index (χ2v) is 23.5. The molecule has 12 unspecified atom stereocenters. The fraction of sp³-hybridized carbons (Fsp3) is 0.455. The Hall–Kier alpha value is -7.08. The average molecular weight is 1030 g/mol. The van der Waals surface area contributed by atoms with Gasteiger partial charge >= 0.3 is 0 Å². The van der Waals surface area contributed by atoms with Crippen molar-refractivity contribution in [2.24, 2.45) is 59.9 Å². The molecule has 12 heteroatoms. The van der Waals surface area contributed by atoms with Crippen LogP contribution in [0.15, 0.2) is 133 Å². The Morgan fingerprint density at radius 2 is 0.244 bits per heavy atom. The third-order valence-corrected chi connectivity index (χ3v) is 17.6. The quantitative estimate of drug-likeness (QED) is 0.165. The first-order valence-electron chi connectivity index (χ1n) is 29.5. The van der Waals surface area contributed by atoms with Crippen LogP contribution in [0.4, 0.5) is 0 Å². The second-order valence-electron chi connectivity index (χ2n) is 23.5. The third kappa shape index (κ3) is 12.3. The van der Waals surface area contributed by atoms with Crippen molar-refractivity contribution in [1.82, 2.24) is 0 Å². The van der Waals surface area contributed by atoms with Gasteiger partial charge in [-0.25, -0.2) is 0 Å². The molecule has 4 aromatic rings. The smallest absolute Gasteiger partial charge is 0.0723 e. The van der Waals surface area contributed by atoms with Crippen molar-refractivity contribution in [3.8, 4) is 0 Å². The number of aliphatic imine (C=N–C) groups is 12. The minimum absolute atomic E-state index is 0.0831. The van der Waals surface area contributed by atoms with Gasteiger partial charge in [-0.1, -0.05) is 0 Å². The van der Waals surface area contributed by atoms with Gasteiger partial charge in [-0.15, -0.1) is 0 Å². The number of benzene rings is 4. The molecule has 10 aliphatic rings. The molecule has 0 N–H and O–H groups in total. The van der Waals surface area contributed by atoms with Gasteiger partial charge < -0.3 is 0 Å². The molecule has 0 spiro atoms. The summed E-state index contributed by atoms with van der Waals surface area (Å²) in [6.07, 6.45) is 43.3. The molecule has 12 nitrogen and oxygen atoms in total. The van der Waals surface area contributed by atoms with E-state index in [0.29, 0.717) is 0 Å². The summed E-state index contributed by atoms with van der Waals surface area (Å²) >= 11 is 0. The fourth-order valence-corrected chi connectivity index (χ4v) is 13.5. The molecule has 14 rings (SSSR count). The van der Waals surface area contributed by atoms with Gasteiger partial charge in [0.05, 0.1) is 72.5 Å². The van der Waals surface area contributed by atoms with Gasteiger partial charge in [0, 0.05) is 74.6 Å². The Kier molecular flexibility index (Phi) is 15.2. The summed E-state index contributed by atoms with van der Waals surface area (Å²) in [5, 5.41) is 0. The molecule has 4 aliphatic heterocycles. The van der Waals surface area contributed by atoms with E-state index in [1.165, 1.54) is 0 Å². The number of rotatable bonds is 0. The SMILES string of the molecule is C1=NC2CCCC2N=Cc2cc3cc(c2)C=NC2CCCC2N=Cc2cc4cc(c2)C=NC2CCCC2N=Cc2cc(cc(c2)C=NC2CCCC2N=C3)C=NC2CCCC2N=Cc2cc1cc(c2)C=NC1CCCC1N=C4. The standard InChI is InChI=1S/C66H72N12/c1-7-55-56(8-1)68-32-44-21-47-24-48(22-44)36-72-60-12-5-16-64(60)76-40-52-26-51-29-54(30-52)42-78-66-18-6-17-65(66)77-41-53-27-49(25-50(28-53)38-74-62-14-4-11-59(62)71-35-47)37-73-61-13-2-9-57(61)69-33-45-19-43(31-67-55)20-46(23-45)34-70-58-10-3-15-63(58)75-39-51/h19-42,55-66H,1-18H2. The first-order chi connectivity index (χ1) is 38.5. The molecular formula is C66H72N12. The first kappa shape index (κ1) is 50.4. The lowest BCUT2D eigenvalue weighted by molar-refractivity contribution is 0.612. The molecular weight excluding hydrogens is 961 g/mol. The molecule has 12 atom stereocenters. The maximum atomic E-state index is 5.30. The van der Waals surface area contributed by atoms with E-state index >= 15 is 0 Å². The Balaban J connectivity index is 0.986. The fourth-order valence-electron chi connectivity index (χ4n) is 13.5. The van der Waals surface area contributed by atoms with Crippen molar-refractivity contribution in [3.63, 3.8) is 0 Å². The van der Waals surface area contributed by atoms with Crippen molar-refractivity contribution >= 4 is 74.6 Å². The molecule has 0 amide bonds. The highest BCUT2D eigenvalue weighted by molar-refractivity contribution is 5.96. The highest BCUT2D eigenvalue weighted by atomic mass is 15.0. The van der Waals surface area contributed by atoms with E-state index < -0.39 is 0 Å². The van der Waals surface area contributed by atoms with Crippen LogP contribution in [-0.4, -0.2) is 147 Å². The van der Waals surface area contributed by atoms with Gasteiger partial charge in [-0.05, 0) is 255 Å². The van der Waals surface area contributed by atoms with E-state index in [1.54, 1.807) is 0 Å². The topological polar surface area (TPSA) is 148 Å². The third-order valence-electron chi connectivity index (χ3n) is 17.6. The highest BCUT2D eigenvalue weighted by Crippen LogP contribution is 2.31. The van der Waals surface area contributed by atoms with E-state index in [1.807, 2.05) is 0 Å². The minimum Gasteiger partial charge on any atom is -0.287 e. The van der Waals surface area contributed by atoms with Crippen molar-refractivity contribution in [2.75, 3.05) is 0 Å². The van der Waals surface area contributed by atoms with Crippen LogP contribution in [0.1, 0.15) is 182 Å². The number of nitrogens with zero attached hydrogens (tertiary/aromatic N) is 12. The van der Waals surface area contributed by atoms with E-state index in [4.69, 9.17) is 59.9 Å². The lowest BCUT2D eigenvalue weighted by Crippen LogP contribution is -2.16. The van der Waals surface area contributed by atoms with Gasteiger partial charge in [0.15, 0.2) is 0 Å². The maximum Gasteiger partial charge on any atom is 0.0723 e. The molecule has 0 radical (unpaired) electrons. The Bertz CT molecular complexity index is 2420. The number of hydrogen-bond acceptors (Lipinski definition) is 12. The molecule has 78 heavy (non-hydrogen) atoms. The molecule has 6 fully saturated rings. The summed E-state index contributed by atoms with van der Waals surface area (Å²) in [5.41, 5.74) is 12.4. The first-order valence-corrected chi connectivity index (χ1v) is 29.5. The Labute approximate surface area is 460 Å². The van der Waals surface area contributed by atoms with Crippen LogP contribution in [0, 0.1) is 0 Å². The van der Waals surface area contributed by atoms with Crippen molar-refractivity contribution in [3.05, 3.63) is 140 Å². The van der Waals surface area contributed by atoms with Crippen molar-refractivity contribution in [2.45, 2.75) is 188 Å². The van der Waals surface area contributed by atoms with Gasteiger partial charge in [0.25, 0.3) is 0 Å². The zero-order valence-electron chi connectivity index (χ0n) is 44.9. The summed E-state index contributed by atoms with van der Waals surface area (Å²) in [6, 6.07) is 27.6. The highest BCUT2D eigenvalue weighted by Gasteiger charge is 2.30. The van der Waals surface area contributed by atoms with Crippen LogP contribution in [-0.2, 0) is 0 Å². The Morgan fingerprint density at radius 1 is 0.154 bits per heavy atom. The molecule has 6 saturated carbocycles. The molecule has 0 aromatic heterocycles. The summed E-state index contributed by atoms with van der Waals surface area (Å²) in [4.78, 5) is 63.6. The summed E-state index contributed by atoms with van der Waals surface area (Å²) in [7, 11) is 0. The summed E-state index contributed by atoms with van der Waals surface area (Å²) in [6.45, 7) is 0. The average Bonchev–Trinajstić information content (AvgIpc) is 4.34. The molecule has 0 saturated heterocycles. The Morgan fingerprint density at radius 3 is 0.333 bits per heavy atom. The van der Waals surface area contributed by atoms with Gasteiger partial charge in [0.1, 0.15) is 0 Å². The van der Waals surface area contributed by atoms with E-state index in [-0.39, 0.29) is 72.5 Å². The van der Waals surface area contributed by atoms with Crippen molar-refractivity contribution in [1.29, 1.82) is 0 Å². The maximum absolute atomic E-state index is 5.30. The normalized spacial score (nSPS) is 31.1. The van der Waals surface area contributed by atoms with Crippen LogP contribution in [0.5, 0.6) is 0 Å². The number of hydrogen-bond donors (Lipinski definition) is 0. The largest absolute Gasteiger partial charge is 0.287 e. The molecule has 12 bridgehead atoms. The van der Waals surface area contributed by atoms with Crippen LogP contribution < -0.4 is 0 Å². The molecule has 4 aromatic carbocycles. The van der Waals surface area contributed by atoms with E-state index in [9.17, 15) is 0 Å². The van der Waals surface area contributed by atoms with Crippen LogP contribution in [0.25, 0.3) is 0 Å². The summed E-state index contributed by atoms with van der Waals surface area (Å²) in [5.74, 6) is 0. The van der Waals surface area contributed by atoms with E-state index in [2.05, 4.69) is 147 Å². The zero-order valence-corrected chi connectivity index (χ0v) is 44.9. The lowest BCUT2D eigenvalue weighted by Gasteiger charge is -2.13. The predicted octanol–water partition coefficient (Wildman–Crippen LogP) is 11.4. The van der Waals surface area contributed by atoms with Crippen LogP contribution in [0.3, 0.4) is 0 Å². The van der Waals surface area contributed by atoms with Gasteiger partial charge in [-0.3, -0.25) is 59.9 Å². The van der Waals surface area contributed by atoms with Crippen molar-refractivity contribution < 1.29 is 0 Å². The second kappa shape index (κ2) is 23.5. The zero-order chi connectivity index (χ0) is 52.0. The van der Waals surface area contributed by atoms with Gasteiger partial charge in [-0.2, -0.15) is 0 Å². The van der Waals surface area contributed by atoms with Crippen LogP contribution in [0.2, 0.25) is 0 Å². The van der Waals surface area contributed by atoms with Gasteiger partial charge in [0.2, 0.25) is 0 Å². The molecule has 4 heterocycles. The molecule has 396 valence electrons. The predicted molar refractivity (Wildman–Crippen MR) is 325 cm³/mol. The minimum atomic E-state index is 0.0831.